The Kier molecular flexibility index (Phi) is 3.54. The van der Waals surface area contributed by atoms with Gasteiger partial charge in [0.15, 0.2) is 9.84 Å². The van der Waals surface area contributed by atoms with Gasteiger partial charge in [0.05, 0.1) is 4.90 Å². The molecule has 1 saturated heterocycles. The Bertz CT molecular complexity index is 610. The van der Waals surface area contributed by atoms with Crippen LogP contribution in [-0.4, -0.2) is 45.1 Å². The quantitative estimate of drug-likeness (QED) is 0.899. The van der Waals surface area contributed by atoms with Crippen LogP contribution < -0.4 is 5.32 Å². The minimum Gasteiger partial charge on any atom is -0.373 e. The fourth-order valence-corrected chi connectivity index (χ4v) is 2.78. The standard InChI is InChI=1S/C13H18N2O3S/c1-9-4-5-10(19(3,17)18)8-12(9)14-11-6-7-15(2)13(11)16/h4-5,8,11,14H,6-7H2,1-3H3/t11-/m1/s1. The first-order valence-electron chi connectivity index (χ1n) is 6.11. The SMILES string of the molecule is Cc1ccc(S(C)(=O)=O)cc1N[C@@H]1CCN(C)C1=O. The summed E-state index contributed by atoms with van der Waals surface area (Å²) in [5, 5.41) is 3.15. The number of sulfone groups is 1. The van der Waals surface area contributed by atoms with Crippen LogP contribution in [0, 0.1) is 6.92 Å². The lowest BCUT2D eigenvalue weighted by Crippen LogP contribution is -2.31. The highest BCUT2D eigenvalue weighted by Crippen LogP contribution is 2.23. The third-order valence-electron chi connectivity index (χ3n) is 3.39. The first-order chi connectivity index (χ1) is 8.79. The van der Waals surface area contributed by atoms with Crippen LogP contribution in [0.25, 0.3) is 0 Å². The van der Waals surface area contributed by atoms with E-state index in [0.29, 0.717) is 5.69 Å². The third kappa shape index (κ3) is 2.89. The van der Waals surface area contributed by atoms with Gasteiger partial charge in [0.25, 0.3) is 0 Å². The van der Waals surface area contributed by atoms with E-state index >= 15 is 0 Å². The summed E-state index contributed by atoms with van der Waals surface area (Å²) in [6.45, 7) is 2.61. The maximum Gasteiger partial charge on any atom is 0.244 e. The molecule has 0 spiro atoms. The molecular weight excluding hydrogens is 264 g/mol. The molecule has 6 heteroatoms. The fraction of sp³-hybridized carbons (Fsp3) is 0.462. The molecule has 0 aliphatic carbocycles. The second kappa shape index (κ2) is 4.85. The van der Waals surface area contributed by atoms with E-state index in [1.165, 1.54) is 6.26 Å². The summed E-state index contributed by atoms with van der Waals surface area (Å²) in [4.78, 5) is 13.8. The highest BCUT2D eigenvalue weighted by molar-refractivity contribution is 7.90. The van der Waals surface area contributed by atoms with Crippen molar-refractivity contribution in [1.29, 1.82) is 0 Å². The van der Waals surface area contributed by atoms with Crippen molar-refractivity contribution in [3.63, 3.8) is 0 Å². The first kappa shape index (κ1) is 13.9. The van der Waals surface area contributed by atoms with E-state index in [2.05, 4.69) is 5.32 Å². The molecule has 1 aromatic rings. The maximum atomic E-state index is 11.8. The number of carbonyl (C=O) groups excluding carboxylic acids is 1. The summed E-state index contributed by atoms with van der Waals surface area (Å²) in [5.41, 5.74) is 1.63. The Labute approximate surface area is 113 Å². The molecule has 104 valence electrons. The number of benzene rings is 1. The Morgan fingerprint density at radius 2 is 2.05 bits per heavy atom. The molecule has 1 aliphatic rings. The van der Waals surface area contributed by atoms with Gasteiger partial charge in [-0.1, -0.05) is 6.07 Å². The van der Waals surface area contributed by atoms with Gasteiger partial charge in [0.1, 0.15) is 6.04 Å². The average molecular weight is 282 g/mol. The van der Waals surface area contributed by atoms with E-state index in [4.69, 9.17) is 0 Å². The molecule has 0 aromatic heterocycles. The Morgan fingerprint density at radius 3 is 2.58 bits per heavy atom. The molecule has 0 bridgehead atoms. The molecule has 1 N–H and O–H groups in total. The van der Waals surface area contributed by atoms with Crippen LogP contribution in [0.1, 0.15) is 12.0 Å². The van der Waals surface area contributed by atoms with Gasteiger partial charge in [-0.05, 0) is 31.0 Å². The highest BCUT2D eigenvalue weighted by atomic mass is 32.2. The summed E-state index contributed by atoms with van der Waals surface area (Å²) in [6, 6.07) is 4.66. The van der Waals surface area contributed by atoms with Gasteiger partial charge in [-0.15, -0.1) is 0 Å². The van der Waals surface area contributed by atoms with Gasteiger partial charge in [0, 0.05) is 25.5 Å². The zero-order chi connectivity index (χ0) is 14.2. The number of nitrogens with zero attached hydrogens (tertiary/aromatic N) is 1. The summed E-state index contributed by atoms with van der Waals surface area (Å²) >= 11 is 0. The van der Waals surface area contributed by atoms with Gasteiger partial charge < -0.3 is 10.2 Å². The van der Waals surface area contributed by atoms with Crippen molar-refractivity contribution < 1.29 is 13.2 Å². The second-order valence-corrected chi connectivity index (χ2v) is 7.01. The largest absolute Gasteiger partial charge is 0.373 e. The lowest BCUT2D eigenvalue weighted by Gasteiger charge is -2.16. The summed E-state index contributed by atoms with van der Waals surface area (Å²) in [5.74, 6) is 0.0455. The van der Waals surface area contributed by atoms with Crippen molar-refractivity contribution in [3.05, 3.63) is 23.8 Å². The van der Waals surface area contributed by atoms with Crippen molar-refractivity contribution in [2.45, 2.75) is 24.3 Å². The molecule has 1 atom stereocenters. The van der Waals surface area contributed by atoms with Gasteiger partial charge >= 0.3 is 0 Å². The van der Waals surface area contributed by atoms with Crippen molar-refractivity contribution in [2.75, 3.05) is 25.2 Å². The molecule has 1 aromatic carbocycles. The number of anilines is 1. The van der Waals surface area contributed by atoms with Crippen molar-refractivity contribution in [1.82, 2.24) is 4.90 Å². The van der Waals surface area contributed by atoms with Crippen molar-refractivity contribution >= 4 is 21.4 Å². The molecule has 2 rings (SSSR count). The summed E-state index contributed by atoms with van der Waals surface area (Å²) in [7, 11) is -1.47. The second-order valence-electron chi connectivity index (χ2n) is 4.99. The Balaban J connectivity index is 2.28. The number of carbonyl (C=O) groups is 1. The van der Waals surface area contributed by atoms with Crippen LogP contribution in [0.2, 0.25) is 0 Å². The Hall–Kier alpha value is -1.56. The smallest absolute Gasteiger partial charge is 0.244 e. The van der Waals surface area contributed by atoms with Crippen LogP contribution >= 0.6 is 0 Å². The molecule has 0 saturated carbocycles. The number of aryl methyl sites for hydroxylation is 1. The number of rotatable bonds is 3. The van der Waals surface area contributed by atoms with E-state index in [-0.39, 0.29) is 16.8 Å². The van der Waals surface area contributed by atoms with E-state index in [1.807, 2.05) is 6.92 Å². The number of hydrogen-bond donors (Lipinski definition) is 1. The normalized spacial score (nSPS) is 19.8. The number of likely N-dealkylation sites (N-methyl/N-ethyl adjacent to an activating group) is 1. The molecular formula is C13H18N2O3S. The molecule has 1 aliphatic heterocycles. The molecule has 0 radical (unpaired) electrons. The van der Waals surface area contributed by atoms with E-state index in [9.17, 15) is 13.2 Å². The monoisotopic (exact) mass is 282 g/mol. The Morgan fingerprint density at radius 1 is 1.37 bits per heavy atom. The lowest BCUT2D eigenvalue weighted by molar-refractivity contribution is -0.127. The van der Waals surface area contributed by atoms with Crippen molar-refractivity contribution in [3.8, 4) is 0 Å². The summed E-state index contributed by atoms with van der Waals surface area (Å²) in [6.07, 6.45) is 1.91. The average Bonchev–Trinajstić information content (AvgIpc) is 2.62. The lowest BCUT2D eigenvalue weighted by atomic mass is 10.1. The number of likely N-dealkylation sites (tertiary alicyclic amines) is 1. The van der Waals surface area contributed by atoms with Crippen molar-refractivity contribution in [2.24, 2.45) is 0 Å². The zero-order valence-electron chi connectivity index (χ0n) is 11.3. The van der Waals surface area contributed by atoms with Crippen LogP contribution in [0.3, 0.4) is 0 Å². The van der Waals surface area contributed by atoms with E-state index in [1.54, 1.807) is 30.1 Å². The minimum absolute atomic E-state index is 0.0455. The molecule has 5 nitrogen and oxygen atoms in total. The highest BCUT2D eigenvalue weighted by Gasteiger charge is 2.29. The molecule has 0 unspecified atom stereocenters. The van der Waals surface area contributed by atoms with Crippen LogP contribution in [0.15, 0.2) is 23.1 Å². The predicted molar refractivity (Wildman–Crippen MR) is 74.0 cm³/mol. The molecule has 1 fully saturated rings. The van der Waals surface area contributed by atoms with Crippen LogP contribution in [0.5, 0.6) is 0 Å². The third-order valence-corrected chi connectivity index (χ3v) is 4.50. The fourth-order valence-electron chi connectivity index (χ4n) is 2.13. The van der Waals surface area contributed by atoms with Gasteiger partial charge in [-0.3, -0.25) is 4.79 Å². The van der Waals surface area contributed by atoms with Gasteiger partial charge in [-0.2, -0.15) is 0 Å². The first-order valence-corrected chi connectivity index (χ1v) is 8.00. The number of amides is 1. The zero-order valence-corrected chi connectivity index (χ0v) is 12.1. The molecule has 1 heterocycles. The maximum absolute atomic E-state index is 11.8. The minimum atomic E-state index is -3.24. The summed E-state index contributed by atoms with van der Waals surface area (Å²) < 4.78 is 23.1. The van der Waals surface area contributed by atoms with E-state index in [0.717, 1.165) is 18.5 Å². The van der Waals surface area contributed by atoms with Gasteiger partial charge in [-0.25, -0.2) is 8.42 Å². The number of hydrogen-bond acceptors (Lipinski definition) is 4. The van der Waals surface area contributed by atoms with Gasteiger partial charge in [0.2, 0.25) is 5.91 Å². The topological polar surface area (TPSA) is 66.5 Å². The molecule has 19 heavy (non-hydrogen) atoms. The number of nitrogens with one attached hydrogen (secondary N) is 1. The predicted octanol–water partition coefficient (Wildman–Crippen LogP) is 1.04. The van der Waals surface area contributed by atoms with Crippen LogP contribution in [0.4, 0.5) is 5.69 Å². The van der Waals surface area contributed by atoms with Crippen LogP contribution in [-0.2, 0) is 14.6 Å². The van der Waals surface area contributed by atoms with E-state index < -0.39 is 9.84 Å². The molecule has 1 amide bonds.